The summed E-state index contributed by atoms with van der Waals surface area (Å²) in [5, 5.41) is 10.1. The maximum Gasteiger partial charge on any atom is 0.261 e. The van der Waals surface area contributed by atoms with Crippen LogP contribution in [0, 0.1) is 0 Å². The van der Waals surface area contributed by atoms with Gasteiger partial charge in [-0.2, -0.15) is 0 Å². The van der Waals surface area contributed by atoms with Gasteiger partial charge in [0.1, 0.15) is 0 Å². The number of rotatable bonds is 7. The van der Waals surface area contributed by atoms with E-state index in [1.54, 1.807) is 6.07 Å². The fourth-order valence-corrected chi connectivity index (χ4v) is 3.61. The zero-order valence-electron chi connectivity index (χ0n) is 14.7. The third-order valence-corrected chi connectivity index (χ3v) is 5.15. The molecule has 1 unspecified atom stereocenters. The zero-order valence-corrected chi connectivity index (χ0v) is 15.5. The van der Waals surface area contributed by atoms with Crippen LogP contribution in [0.3, 0.4) is 0 Å². The van der Waals surface area contributed by atoms with E-state index >= 15 is 0 Å². The summed E-state index contributed by atoms with van der Waals surface area (Å²) in [6.45, 7) is 2.49. The van der Waals surface area contributed by atoms with Gasteiger partial charge >= 0.3 is 0 Å². The maximum absolute atomic E-state index is 12.2. The summed E-state index contributed by atoms with van der Waals surface area (Å²) >= 11 is 1.41. The Hall–Kier alpha value is -2.66. The number of carbonyl (C=O) groups is 2. The number of thiophene rings is 1. The molecule has 3 rings (SSSR count). The highest BCUT2D eigenvalue weighted by Crippen LogP contribution is 2.24. The molecule has 1 atom stereocenters. The van der Waals surface area contributed by atoms with Gasteiger partial charge in [0.2, 0.25) is 5.91 Å². The van der Waals surface area contributed by atoms with E-state index < -0.39 is 0 Å². The Morgan fingerprint density at radius 1 is 1.04 bits per heavy atom. The minimum absolute atomic E-state index is 0.00388. The van der Waals surface area contributed by atoms with Crippen molar-refractivity contribution >= 4 is 33.9 Å². The first-order valence-electron chi connectivity index (χ1n) is 8.74. The second-order valence-corrected chi connectivity index (χ2v) is 7.14. The zero-order chi connectivity index (χ0) is 18.4. The van der Waals surface area contributed by atoms with Crippen molar-refractivity contribution in [1.82, 2.24) is 10.6 Å². The van der Waals surface area contributed by atoms with Crippen LogP contribution in [0.1, 0.15) is 41.0 Å². The van der Waals surface area contributed by atoms with Gasteiger partial charge in [0.15, 0.2) is 0 Å². The lowest BCUT2D eigenvalue weighted by Crippen LogP contribution is -2.28. The Bertz CT molecular complexity index is 885. The van der Waals surface area contributed by atoms with Crippen molar-refractivity contribution in [3.8, 4) is 0 Å². The number of fused-ring (bicyclic) bond motifs is 1. The highest BCUT2D eigenvalue weighted by Gasteiger charge is 2.12. The van der Waals surface area contributed by atoms with E-state index in [9.17, 15) is 9.59 Å². The van der Waals surface area contributed by atoms with Crippen LogP contribution < -0.4 is 10.6 Å². The summed E-state index contributed by atoms with van der Waals surface area (Å²) < 4.78 is 0. The Balaban J connectivity index is 1.47. The molecular weight excluding hydrogens is 344 g/mol. The topological polar surface area (TPSA) is 58.2 Å². The van der Waals surface area contributed by atoms with Gasteiger partial charge in [0.05, 0.1) is 10.9 Å². The van der Waals surface area contributed by atoms with Crippen molar-refractivity contribution in [2.24, 2.45) is 0 Å². The van der Waals surface area contributed by atoms with E-state index in [1.807, 2.05) is 36.6 Å². The van der Waals surface area contributed by atoms with Gasteiger partial charge in [-0.15, -0.1) is 11.3 Å². The molecule has 1 aromatic heterocycles. The molecule has 2 amide bonds. The standard InChI is InChI=1S/C21H22N2O2S/c1-15(17-10-4-8-16-7-2-3-9-18(16)17)23-20(24)12-5-13-22-21(25)19-11-6-14-26-19/h2-4,6-11,14-15H,5,12-13H2,1H3,(H,22,25)(H,23,24). The van der Waals surface area contributed by atoms with Gasteiger partial charge in [-0.1, -0.05) is 48.5 Å². The third kappa shape index (κ3) is 4.49. The predicted octanol–water partition coefficient (Wildman–Crippen LogP) is 4.29. The number of benzene rings is 2. The van der Waals surface area contributed by atoms with Gasteiger partial charge in [0, 0.05) is 13.0 Å². The van der Waals surface area contributed by atoms with Crippen molar-refractivity contribution < 1.29 is 9.59 Å². The molecule has 3 aromatic rings. The molecular formula is C21H22N2O2S. The molecule has 1 heterocycles. The first-order valence-corrected chi connectivity index (χ1v) is 9.62. The summed E-state index contributed by atoms with van der Waals surface area (Å²) in [7, 11) is 0. The first-order chi connectivity index (χ1) is 12.6. The lowest BCUT2D eigenvalue weighted by molar-refractivity contribution is -0.121. The minimum Gasteiger partial charge on any atom is -0.351 e. The Kier molecular flexibility index (Phi) is 6.02. The largest absolute Gasteiger partial charge is 0.351 e. The Morgan fingerprint density at radius 2 is 1.85 bits per heavy atom. The maximum atomic E-state index is 12.2. The van der Waals surface area contributed by atoms with Crippen LogP contribution in [0.25, 0.3) is 10.8 Å². The first kappa shape index (κ1) is 18.1. The highest BCUT2D eigenvalue weighted by molar-refractivity contribution is 7.12. The SMILES string of the molecule is CC(NC(=O)CCCNC(=O)c1cccs1)c1cccc2ccccc12. The average molecular weight is 366 g/mol. The molecule has 0 saturated heterocycles. The van der Waals surface area contributed by atoms with Crippen molar-refractivity contribution in [1.29, 1.82) is 0 Å². The summed E-state index contributed by atoms with van der Waals surface area (Å²) in [4.78, 5) is 24.7. The number of hydrogen-bond donors (Lipinski definition) is 2. The molecule has 0 fully saturated rings. The Labute approximate surface area is 157 Å². The molecule has 4 nitrogen and oxygen atoms in total. The van der Waals surface area contributed by atoms with E-state index in [0.717, 1.165) is 10.9 Å². The van der Waals surface area contributed by atoms with E-state index in [0.29, 0.717) is 24.3 Å². The lowest BCUT2D eigenvalue weighted by Gasteiger charge is -2.16. The molecule has 134 valence electrons. The van der Waals surface area contributed by atoms with Crippen molar-refractivity contribution in [3.05, 3.63) is 70.4 Å². The van der Waals surface area contributed by atoms with Crippen LogP contribution in [-0.2, 0) is 4.79 Å². The number of nitrogens with one attached hydrogen (secondary N) is 2. The third-order valence-electron chi connectivity index (χ3n) is 4.28. The molecule has 5 heteroatoms. The van der Waals surface area contributed by atoms with Crippen LogP contribution in [0.2, 0.25) is 0 Å². The van der Waals surface area contributed by atoms with Crippen LogP contribution in [0.5, 0.6) is 0 Å². The van der Waals surface area contributed by atoms with Gasteiger partial charge in [-0.25, -0.2) is 0 Å². The fourth-order valence-electron chi connectivity index (χ4n) is 2.97. The van der Waals surface area contributed by atoms with Crippen molar-refractivity contribution in [3.63, 3.8) is 0 Å². The van der Waals surface area contributed by atoms with Gasteiger partial charge in [-0.05, 0) is 41.1 Å². The summed E-state index contributed by atoms with van der Waals surface area (Å²) in [6.07, 6.45) is 1.00. The lowest BCUT2D eigenvalue weighted by atomic mass is 9.99. The van der Waals surface area contributed by atoms with Gasteiger partial charge in [0.25, 0.3) is 5.91 Å². The average Bonchev–Trinajstić information content (AvgIpc) is 3.19. The number of amides is 2. The van der Waals surface area contributed by atoms with Crippen LogP contribution >= 0.6 is 11.3 Å². The monoisotopic (exact) mass is 366 g/mol. The highest BCUT2D eigenvalue weighted by atomic mass is 32.1. The minimum atomic E-state index is -0.0791. The van der Waals surface area contributed by atoms with E-state index in [2.05, 4.69) is 34.9 Å². The van der Waals surface area contributed by atoms with Crippen LogP contribution in [-0.4, -0.2) is 18.4 Å². The fraction of sp³-hybridized carbons (Fsp3) is 0.238. The number of carbonyl (C=O) groups excluding carboxylic acids is 2. The molecule has 0 aliphatic rings. The predicted molar refractivity (Wildman–Crippen MR) is 106 cm³/mol. The molecule has 0 radical (unpaired) electrons. The summed E-state index contributed by atoms with van der Waals surface area (Å²) in [6, 6.07) is 17.9. The second-order valence-electron chi connectivity index (χ2n) is 6.19. The number of hydrogen-bond acceptors (Lipinski definition) is 3. The van der Waals surface area contributed by atoms with Gasteiger partial charge in [-0.3, -0.25) is 9.59 Å². The van der Waals surface area contributed by atoms with E-state index in [1.165, 1.54) is 16.7 Å². The molecule has 26 heavy (non-hydrogen) atoms. The van der Waals surface area contributed by atoms with Crippen LogP contribution in [0.15, 0.2) is 60.0 Å². The molecule has 0 spiro atoms. The Morgan fingerprint density at radius 3 is 2.65 bits per heavy atom. The van der Waals surface area contributed by atoms with E-state index in [-0.39, 0.29) is 17.9 Å². The van der Waals surface area contributed by atoms with Gasteiger partial charge < -0.3 is 10.6 Å². The van der Waals surface area contributed by atoms with E-state index in [4.69, 9.17) is 0 Å². The molecule has 2 aromatic carbocycles. The normalized spacial score (nSPS) is 11.9. The molecule has 0 saturated carbocycles. The van der Waals surface area contributed by atoms with Crippen molar-refractivity contribution in [2.75, 3.05) is 6.54 Å². The molecule has 0 aliphatic carbocycles. The summed E-state index contributed by atoms with van der Waals surface area (Å²) in [5.74, 6) is -0.0830. The van der Waals surface area contributed by atoms with Crippen molar-refractivity contribution in [2.45, 2.75) is 25.8 Å². The smallest absolute Gasteiger partial charge is 0.261 e. The quantitative estimate of drug-likeness (QED) is 0.613. The molecule has 0 aliphatic heterocycles. The molecule has 0 bridgehead atoms. The summed E-state index contributed by atoms with van der Waals surface area (Å²) in [5.41, 5.74) is 1.11. The van der Waals surface area contributed by atoms with Crippen LogP contribution in [0.4, 0.5) is 0 Å². The molecule has 2 N–H and O–H groups in total. The second kappa shape index (κ2) is 8.63.